The van der Waals surface area contributed by atoms with Gasteiger partial charge in [0.2, 0.25) is 0 Å². The summed E-state index contributed by atoms with van der Waals surface area (Å²) in [5.41, 5.74) is 6.80. The zero-order valence-corrected chi connectivity index (χ0v) is 17.1. The fourth-order valence-corrected chi connectivity index (χ4v) is 5.35. The number of hydrogen-bond donors (Lipinski definition) is 2. The summed E-state index contributed by atoms with van der Waals surface area (Å²) in [5.74, 6) is 2.69. The third-order valence-corrected chi connectivity index (χ3v) is 7.04. The minimum absolute atomic E-state index is 0.189. The van der Waals surface area contributed by atoms with Crippen LogP contribution < -0.4 is 20.3 Å². The summed E-state index contributed by atoms with van der Waals surface area (Å²) in [5, 5.41) is 0. The monoisotopic (exact) mass is 418 g/mol. The van der Waals surface area contributed by atoms with E-state index >= 15 is 0 Å². The topological polar surface area (TPSA) is 76.7 Å². The average molecular weight is 419 g/mol. The predicted octanol–water partition coefficient (Wildman–Crippen LogP) is 3.08. The minimum Gasteiger partial charge on any atom is -0.484 e. The maximum absolute atomic E-state index is 11.8. The molecule has 0 saturated carbocycles. The Morgan fingerprint density at radius 2 is 1.54 bits per heavy atom. The quantitative estimate of drug-likeness (QED) is 0.673. The summed E-state index contributed by atoms with van der Waals surface area (Å²) in [4.78, 5) is 23.6. The lowest BCUT2D eigenvalue weighted by Gasteiger charge is -2.11. The van der Waals surface area contributed by atoms with Gasteiger partial charge in [-0.2, -0.15) is 0 Å². The first-order valence-corrected chi connectivity index (χ1v) is 10.9. The molecule has 2 N–H and O–H groups in total. The Morgan fingerprint density at radius 1 is 0.929 bits per heavy atom. The molecule has 1 heterocycles. The molecule has 6 nitrogen and oxygen atoms in total. The van der Waals surface area contributed by atoms with Crippen LogP contribution in [0.15, 0.2) is 48.5 Å². The first-order chi connectivity index (χ1) is 13.6. The molecule has 2 amide bonds. The highest BCUT2D eigenvalue weighted by Gasteiger charge is 2.18. The largest absolute Gasteiger partial charge is 0.484 e. The third-order valence-electron chi connectivity index (χ3n) is 3.94. The fraction of sp³-hybridized carbons (Fsp3) is 0.300. The predicted molar refractivity (Wildman–Crippen MR) is 113 cm³/mol. The van der Waals surface area contributed by atoms with Gasteiger partial charge in [-0.25, -0.2) is 0 Å². The second kappa shape index (κ2) is 10.3. The number of aryl methyl sites for hydroxylation is 1. The number of hydrazine groups is 1. The summed E-state index contributed by atoms with van der Waals surface area (Å²) in [6.07, 6.45) is 0. The van der Waals surface area contributed by atoms with Crippen molar-refractivity contribution in [2.45, 2.75) is 11.5 Å². The Balaban J connectivity index is 1.35. The highest BCUT2D eigenvalue weighted by atomic mass is 32.2. The smallest absolute Gasteiger partial charge is 0.276 e. The van der Waals surface area contributed by atoms with Crippen LogP contribution in [-0.2, 0) is 9.59 Å². The number of carbonyl (C=O) groups is 2. The zero-order valence-electron chi connectivity index (χ0n) is 15.5. The Bertz CT molecular complexity index is 808. The van der Waals surface area contributed by atoms with E-state index in [1.807, 2.05) is 72.9 Å². The van der Waals surface area contributed by atoms with Gasteiger partial charge in [-0.05, 0) is 36.2 Å². The SMILES string of the molecule is Cc1ccccc1OCC(=O)NNC(=O)COc1ccc(C2SCCS2)cc1. The van der Waals surface area contributed by atoms with Gasteiger partial charge < -0.3 is 9.47 Å². The van der Waals surface area contributed by atoms with Crippen molar-refractivity contribution in [3.8, 4) is 11.5 Å². The van der Waals surface area contributed by atoms with Crippen molar-refractivity contribution in [3.63, 3.8) is 0 Å². The van der Waals surface area contributed by atoms with Crippen LogP contribution in [0.1, 0.15) is 15.7 Å². The molecule has 0 unspecified atom stereocenters. The lowest BCUT2D eigenvalue weighted by Crippen LogP contribution is -2.45. The van der Waals surface area contributed by atoms with Crippen LogP contribution in [0.4, 0.5) is 0 Å². The van der Waals surface area contributed by atoms with Gasteiger partial charge in [-0.15, -0.1) is 23.5 Å². The van der Waals surface area contributed by atoms with Gasteiger partial charge in [-0.1, -0.05) is 30.3 Å². The molecule has 0 bridgehead atoms. The number of ether oxygens (including phenoxy) is 2. The van der Waals surface area contributed by atoms with Gasteiger partial charge in [0, 0.05) is 11.5 Å². The molecule has 1 fully saturated rings. The van der Waals surface area contributed by atoms with Crippen LogP contribution in [0.3, 0.4) is 0 Å². The molecule has 148 valence electrons. The standard InChI is InChI=1S/C20H22N2O4S2/c1-14-4-2-3-5-17(14)26-13-19(24)22-21-18(23)12-25-16-8-6-15(7-9-16)20-27-10-11-28-20/h2-9,20H,10-13H2,1H3,(H,21,23)(H,22,24). The summed E-state index contributed by atoms with van der Waals surface area (Å²) in [6, 6.07) is 15.2. The molecule has 2 aromatic carbocycles. The van der Waals surface area contributed by atoms with Gasteiger partial charge in [0.05, 0.1) is 4.58 Å². The third kappa shape index (κ3) is 6.10. The zero-order chi connectivity index (χ0) is 19.8. The highest BCUT2D eigenvalue weighted by Crippen LogP contribution is 2.45. The van der Waals surface area contributed by atoms with Gasteiger partial charge in [0.25, 0.3) is 11.8 Å². The van der Waals surface area contributed by atoms with Gasteiger partial charge in [-0.3, -0.25) is 20.4 Å². The molecule has 0 spiro atoms. The highest BCUT2D eigenvalue weighted by molar-refractivity contribution is 8.19. The van der Waals surface area contributed by atoms with Crippen LogP contribution >= 0.6 is 23.5 Å². The average Bonchev–Trinajstić information content (AvgIpc) is 3.25. The number of amides is 2. The molecule has 0 aromatic heterocycles. The number of hydrogen-bond acceptors (Lipinski definition) is 6. The fourth-order valence-electron chi connectivity index (χ4n) is 2.49. The number of nitrogens with one attached hydrogen (secondary N) is 2. The normalized spacial score (nSPS) is 13.8. The molecule has 28 heavy (non-hydrogen) atoms. The molecule has 1 aliphatic rings. The van der Waals surface area contributed by atoms with Crippen molar-refractivity contribution in [1.29, 1.82) is 0 Å². The van der Waals surface area contributed by atoms with Crippen molar-refractivity contribution in [3.05, 3.63) is 59.7 Å². The molecule has 8 heteroatoms. The molecule has 1 saturated heterocycles. The Morgan fingerprint density at radius 3 is 2.18 bits per heavy atom. The molecule has 0 aliphatic carbocycles. The van der Waals surface area contributed by atoms with E-state index in [-0.39, 0.29) is 13.2 Å². The van der Waals surface area contributed by atoms with E-state index in [1.165, 1.54) is 17.1 Å². The first kappa shape index (κ1) is 20.4. The van der Waals surface area contributed by atoms with Gasteiger partial charge >= 0.3 is 0 Å². The molecule has 2 aromatic rings. The van der Waals surface area contributed by atoms with Crippen LogP contribution in [-0.4, -0.2) is 36.5 Å². The number of carbonyl (C=O) groups excluding carboxylic acids is 2. The van der Waals surface area contributed by atoms with Crippen molar-refractivity contribution in [2.75, 3.05) is 24.7 Å². The van der Waals surface area contributed by atoms with Crippen LogP contribution in [0, 0.1) is 6.92 Å². The van der Waals surface area contributed by atoms with Crippen LogP contribution in [0.5, 0.6) is 11.5 Å². The molecular formula is C20H22N2O4S2. The van der Waals surface area contributed by atoms with E-state index in [0.29, 0.717) is 16.1 Å². The maximum Gasteiger partial charge on any atom is 0.276 e. The van der Waals surface area contributed by atoms with Crippen LogP contribution in [0.25, 0.3) is 0 Å². The lowest BCUT2D eigenvalue weighted by molar-refractivity contribution is -0.131. The van der Waals surface area contributed by atoms with Crippen molar-refractivity contribution in [2.24, 2.45) is 0 Å². The van der Waals surface area contributed by atoms with Crippen molar-refractivity contribution in [1.82, 2.24) is 10.9 Å². The number of para-hydroxylation sites is 1. The van der Waals surface area contributed by atoms with Crippen molar-refractivity contribution >= 4 is 35.3 Å². The van der Waals surface area contributed by atoms with Crippen molar-refractivity contribution < 1.29 is 19.1 Å². The van der Waals surface area contributed by atoms with Crippen LogP contribution in [0.2, 0.25) is 0 Å². The van der Waals surface area contributed by atoms with E-state index in [1.54, 1.807) is 6.07 Å². The Hall–Kier alpha value is -2.32. The first-order valence-electron chi connectivity index (χ1n) is 8.84. The number of rotatable bonds is 7. The summed E-state index contributed by atoms with van der Waals surface area (Å²) in [6.45, 7) is 1.51. The summed E-state index contributed by atoms with van der Waals surface area (Å²) < 4.78 is 11.4. The lowest BCUT2D eigenvalue weighted by atomic mass is 10.2. The van der Waals surface area contributed by atoms with Gasteiger partial charge in [0.15, 0.2) is 13.2 Å². The maximum atomic E-state index is 11.8. The number of thioether (sulfide) groups is 2. The minimum atomic E-state index is -0.451. The van der Waals surface area contributed by atoms with E-state index in [9.17, 15) is 9.59 Å². The van der Waals surface area contributed by atoms with Gasteiger partial charge in [0.1, 0.15) is 11.5 Å². The molecule has 0 radical (unpaired) electrons. The second-order valence-corrected chi connectivity index (χ2v) is 8.81. The molecule has 1 aliphatic heterocycles. The van der Waals surface area contributed by atoms with E-state index in [0.717, 1.165) is 5.56 Å². The van der Waals surface area contributed by atoms with E-state index < -0.39 is 11.8 Å². The Labute approximate surface area is 172 Å². The number of benzene rings is 2. The Kier molecular flexibility index (Phi) is 7.50. The molecule has 3 rings (SSSR count). The second-order valence-electron chi connectivity index (χ2n) is 6.08. The summed E-state index contributed by atoms with van der Waals surface area (Å²) >= 11 is 3.88. The van der Waals surface area contributed by atoms with E-state index in [4.69, 9.17) is 9.47 Å². The summed E-state index contributed by atoms with van der Waals surface area (Å²) in [7, 11) is 0. The molecular weight excluding hydrogens is 396 g/mol. The van der Waals surface area contributed by atoms with E-state index in [2.05, 4.69) is 10.9 Å². The molecule has 0 atom stereocenters.